The lowest BCUT2D eigenvalue weighted by Crippen LogP contribution is -2.44. The summed E-state index contributed by atoms with van der Waals surface area (Å²) < 4.78 is 0.959. The minimum absolute atomic E-state index is 0.0814. The van der Waals surface area contributed by atoms with Crippen molar-refractivity contribution in [1.82, 2.24) is 4.90 Å². The number of carbonyl (C=O) groups is 2. The zero-order chi connectivity index (χ0) is 14.7. The second-order valence-corrected chi connectivity index (χ2v) is 5.87. The monoisotopic (exact) mass is 338 g/mol. The Labute approximate surface area is 127 Å². The molecule has 0 aromatic heterocycles. The SMILES string of the molecule is CCC(C(=O)Nc1cccc(Br)c1C)N1CCCC1=O. The van der Waals surface area contributed by atoms with Crippen LogP contribution in [0.25, 0.3) is 0 Å². The van der Waals surface area contributed by atoms with Gasteiger partial charge in [-0.2, -0.15) is 0 Å². The molecule has 4 nitrogen and oxygen atoms in total. The minimum atomic E-state index is -0.372. The first-order valence-corrected chi connectivity index (χ1v) is 7.69. The lowest BCUT2D eigenvalue weighted by Gasteiger charge is -2.26. The van der Waals surface area contributed by atoms with Crippen LogP contribution >= 0.6 is 15.9 Å². The maximum absolute atomic E-state index is 12.4. The van der Waals surface area contributed by atoms with Crippen LogP contribution < -0.4 is 5.32 Å². The molecule has 1 atom stereocenters. The normalized spacial score (nSPS) is 16.4. The Morgan fingerprint density at radius 2 is 2.25 bits per heavy atom. The Hall–Kier alpha value is -1.36. The first-order valence-electron chi connectivity index (χ1n) is 6.90. The van der Waals surface area contributed by atoms with Crippen LogP contribution in [0.3, 0.4) is 0 Å². The summed E-state index contributed by atoms with van der Waals surface area (Å²) in [6.07, 6.45) is 2.03. The standard InChI is InChI=1S/C15H19BrN2O2/c1-3-13(18-9-5-8-14(18)19)15(20)17-12-7-4-6-11(16)10(12)2/h4,6-7,13H,3,5,8-9H2,1-2H3,(H,17,20). The molecule has 1 aliphatic heterocycles. The lowest BCUT2D eigenvalue weighted by molar-refractivity contribution is -0.135. The van der Waals surface area contributed by atoms with Gasteiger partial charge in [-0.25, -0.2) is 0 Å². The third-order valence-corrected chi connectivity index (χ3v) is 4.56. The number of rotatable bonds is 4. The number of anilines is 1. The lowest BCUT2D eigenvalue weighted by atomic mass is 10.1. The smallest absolute Gasteiger partial charge is 0.247 e. The third-order valence-electron chi connectivity index (χ3n) is 3.70. The van der Waals surface area contributed by atoms with Gasteiger partial charge in [0.2, 0.25) is 11.8 Å². The average molecular weight is 339 g/mol. The quantitative estimate of drug-likeness (QED) is 0.916. The molecule has 1 aromatic rings. The van der Waals surface area contributed by atoms with Gasteiger partial charge in [0.05, 0.1) is 0 Å². The van der Waals surface area contributed by atoms with Crippen molar-refractivity contribution in [2.24, 2.45) is 0 Å². The maximum atomic E-state index is 12.4. The fraction of sp³-hybridized carbons (Fsp3) is 0.467. The number of nitrogens with zero attached hydrogens (tertiary/aromatic N) is 1. The van der Waals surface area contributed by atoms with Crippen LogP contribution in [-0.4, -0.2) is 29.3 Å². The number of halogens is 1. The summed E-state index contributed by atoms with van der Waals surface area (Å²) in [5, 5.41) is 2.94. The van der Waals surface area contributed by atoms with Crippen molar-refractivity contribution in [2.75, 3.05) is 11.9 Å². The zero-order valence-corrected chi connectivity index (χ0v) is 13.4. The highest BCUT2D eigenvalue weighted by Crippen LogP contribution is 2.24. The van der Waals surface area contributed by atoms with Gasteiger partial charge in [0, 0.05) is 23.1 Å². The summed E-state index contributed by atoms with van der Waals surface area (Å²) >= 11 is 3.45. The summed E-state index contributed by atoms with van der Waals surface area (Å²) in [5.41, 5.74) is 1.78. The fourth-order valence-electron chi connectivity index (χ4n) is 2.50. The summed E-state index contributed by atoms with van der Waals surface area (Å²) in [4.78, 5) is 25.9. The summed E-state index contributed by atoms with van der Waals surface area (Å²) in [6.45, 7) is 4.56. The molecule has 0 spiro atoms. The summed E-state index contributed by atoms with van der Waals surface area (Å²) in [7, 11) is 0. The molecule has 0 aliphatic carbocycles. The Morgan fingerprint density at radius 3 is 2.85 bits per heavy atom. The van der Waals surface area contributed by atoms with E-state index < -0.39 is 0 Å². The van der Waals surface area contributed by atoms with E-state index >= 15 is 0 Å². The first-order chi connectivity index (χ1) is 9.54. The Kier molecular flexibility index (Phi) is 4.81. The molecule has 0 saturated carbocycles. The topological polar surface area (TPSA) is 49.4 Å². The van der Waals surface area contributed by atoms with E-state index in [1.54, 1.807) is 4.90 Å². The molecular formula is C15H19BrN2O2. The van der Waals surface area contributed by atoms with Crippen LogP contribution in [0.15, 0.2) is 22.7 Å². The van der Waals surface area contributed by atoms with Gasteiger partial charge < -0.3 is 10.2 Å². The number of likely N-dealkylation sites (tertiary alicyclic amines) is 1. The van der Waals surface area contributed by atoms with Crippen LogP contribution in [0.1, 0.15) is 31.7 Å². The van der Waals surface area contributed by atoms with Gasteiger partial charge in [-0.3, -0.25) is 9.59 Å². The molecule has 1 N–H and O–H groups in total. The molecule has 0 radical (unpaired) electrons. The van der Waals surface area contributed by atoms with Crippen LogP contribution in [0.4, 0.5) is 5.69 Å². The van der Waals surface area contributed by atoms with Crippen molar-refractivity contribution < 1.29 is 9.59 Å². The molecule has 5 heteroatoms. The van der Waals surface area contributed by atoms with E-state index in [1.807, 2.05) is 32.0 Å². The second kappa shape index (κ2) is 6.39. The van der Waals surface area contributed by atoms with E-state index in [4.69, 9.17) is 0 Å². The number of carbonyl (C=O) groups excluding carboxylic acids is 2. The van der Waals surface area contributed by atoms with Gasteiger partial charge in [-0.15, -0.1) is 0 Å². The molecular weight excluding hydrogens is 320 g/mol. The molecule has 1 fully saturated rings. The van der Waals surface area contributed by atoms with Gasteiger partial charge in [-0.05, 0) is 37.5 Å². The van der Waals surface area contributed by atoms with Crippen molar-refractivity contribution in [1.29, 1.82) is 0 Å². The molecule has 1 aromatic carbocycles. The first kappa shape index (κ1) is 15.0. The van der Waals surface area contributed by atoms with Crippen LogP contribution in [0.5, 0.6) is 0 Å². The van der Waals surface area contributed by atoms with Crippen molar-refractivity contribution >= 4 is 33.4 Å². The predicted octanol–water partition coefficient (Wildman–Crippen LogP) is 3.10. The predicted molar refractivity (Wildman–Crippen MR) is 82.5 cm³/mol. The molecule has 1 heterocycles. The van der Waals surface area contributed by atoms with E-state index in [0.717, 1.165) is 22.1 Å². The number of hydrogen-bond acceptors (Lipinski definition) is 2. The Bertz CT molecular complexity index is 531. The largest absolute Gasteiger partial charge is 0.331 e. The number of benzene rings is 1. The number of amides is 2. The number of nitrogens with one attached hydrogen (secondary N) is 1. The highest BCUT2D eigenvalue weighted by Gasteiger charge is 2.31. The molecule has 1 saturated heterocycles. The molecule has 20 heavy (non-hydrogen) atoms. The fourth-order valence-corrected chi connectivity index (χ4v) is 2.87. The summed E-state index contributed by atoms with van der Waals surface area (Å²) in [6, 6.07) is 5.32. The van der Waals surface area contributed by atoms with Gasteiger partial charge in [0.15, 0.2) is 0 Å². The third kappa shape index (κ3) is 3.03. The van der Waals surface area contributed by atoms with Crippen molar-refractivity contribution in [3.63, 3.8) is 0 Å². The minimum Gasteiger partial charge on any atom is -0.331 e. The molecule has 0 bridgehead atoms. The van der Waals surface area contributed by atoms with Crippen LogP contribution in [-0.2, 0) is 9.59 Å². The Balaban J connectivity index is 2.13. The zero-order valence-electron chi connectivity index (χ0n) is 11.8. The average Bonchev–Trinajstić information content (AvgIpc) is 2.82. The molecule has 1 aliphatic rings. The van der Waals surface area contributed by atoms with Gasteiger partial charge in [0.1, 0.15) is 6.04 Å². The van der Waals surface area contributed by atoms with Gasteiger partial charge in [0.25, 0.3) is 0 Å². The highest BCUT2D eigenvalue weighted by atomic mass is 79.9. The number of hydrogen-bond donors (Lipinski definition) is 1. The van der Waals surface area contributed by atoms with Crippen LogP contribution in [0.2, 0.25) is 0 Å². The summed E-state index contributed by atoms with van der Waals surface area (Å²) in [5.74, 6) is -0.0260. The van der Waals surface area contributed by atoms with Crippen molar-refractivity contribution in [3.05, 3.63) is 28.2 Å². The highest BCUT2D eigenvalue weighted by molar-refractivity contribution is 9.10. The molecule has 108 valence electrons. The van der Waals surface area contributed by atoms with Crippen molar-refractivity contribution in [2.45, 2.75) is 39.2 Å². The van der Waals surface area contributed by atoms with Gasteiger partial charge >= 0.3 is 0 Å². The molecule has 1 unspecified atom stereocenters. The van der Waals surface area contributed by atoms with E-state index in [9.17, 15) is 9.59 Å². The van der Waals surface area contributed by atoms with E-state index in [2.05, 4.69) is 21.2 Å². The second-order valence-electron chi connectivity index (χ2n) is 5.02. The maximum Gasteiger partial charge on any atom is 0.247 e. The molecule has 2 rings (SSSR count). The van der Waals surface area contributed by atoms with E-state index in [0.29, 0.717) is 19.4 Å². The van der Waals surface area contributed by atoms with Crippen molar-refractivity contribution in [3.8, 4) is 0 Å². The van der Waals surface area contributed by atoms with Crippen LogP contribution in [0, 0.1) is 6.92 Å². The molecule has 2 amide bonds. The van der Waals surface area contributed by atoms with E-state index in [-0.39, 0.29) is 17.9 Å². The van der Waals surface area contributed by atoms with Gasteiger partial charge in [-0.1, -0.05) is 28.9 Å². The Morgan fingerprint density at radius 1 is 1.50 bits per heavy atom. The van der Waals surface area contributed by atoms with E-state index in [1.165, 1.54) is 0 Å².